The van der Waals surface area contributed by atoms with E-state index in [0.717, 1.165) is 10.9 Å². The van der Waals surface area contributed by atoms with Gasteiger partial charge in [0.1, 0.15) is 6.61 Å². The molecule has 0 amide bonds. The summed E-state index contributed by atoms with van der Waals surface area (Å²) in [5.74, 6) is 1.21. The first kappa shape index (κ1) is 15.9. The molecule has 2 aromatic rings. The zero-order valence-corrected chi connectivity index (χ0v) is 12.7. The maximum atomic E-state index is 5.75. The molecule has 0 aliphatic heterocycles. The summed E-state index contributed by atoms with van der Waals surface area (Å²) < 4.78 is 22.0. The molecule has 1 heterocycles. The zero-order chi connectivity index (χ0) is 15.8. The molecule has 0 saturated heterocycles. The fourth-order valence-electron chi connectivity index (χ4n) is 2.08. The lowest BCUT2D eigenvalue weighted by molar-refractivity contribution is 0.194. The molecule has 22 heavy (non-hydrogen) atoms. The van der Waals surface area contributed by atoms with Gasteiger partial charge in [0.25, 0.3) is 0 Å². The van der Waals surface area contributed by atoms with Crippen LogP contribution in [0.4, 0.5) is 0 Å². The van der Waals surface area contributed by atoms with Gasteiger partial charge in [-0.25, -0.2) is 0 Å². The average Bonchev–Trinajstić information content (AvgIpc) is 3.00. The SMILES string of the molecule is C=CCOC/C=C\c1cc2ccoc2c(OC)c1OCC=C. The van der Waals surface area contributed by atoms with Crippen LogP contribution in [0.25, 0.3) is 17.0 Å². The molecule has 0 unspecified atom stereocenters. The number of methoxy groups -OCH3 is 1. The van der Waals surface area contributed by atoms with E-state index in [-0.39, 0.29) is 0 Å². The van der Waals surface area contributed by atoms with Crippen molar-refractivity contribution in [1.82, 2.24) is 0 Å². The third kappa shape index (κ3) is 3.59. The number of hydrogen-bond donors (Lipinski definition) is 0. The van der Waals surface area contributed by atoms with Crippen LogP contribution in [0.15, 0.2) is 54.2 Å². The molecule has 4 heteroatoms. The topological polar surface area (TPSA) is 40.8 Å². The number of furan rings is 1. The fraction of sp³-hybridized carbons (Fsp3) is 0.222. The van der Waals surface area contributed by atoms with Gasteiger partial charge in [-0.3, -0.25) is 0 Å². The molecular weight excluding hydrogens is 280 g/mol. The lowest BCUT2D eigenvalue weighted by Gasteiger charge is -2.13. The second kappa shape index (κ2) is 8.10. The van der Waals surface area contributed by atoms with Gasteiger partial charge >= 0.3 is 0 Å². The Hall–Kier alpha value is -2.46. The monoisotopic (exact) mass is 300 g/mol. The highest BCUT2D eigenvalue weighted by Gasteiger charge is 2.16. The molecule has 0 aliphatic carbocycles. The molecular formula is C18H20O4. The third-order valence-corrected chi connectivity index (χ3v) is 2.98. The molecule has 0 aliphatic rings. The van der Waals surface area contributed by atoms with Gasteiger partial charge in [-0.2, -0.15) is 0 Å². The van der Waals surface area contributed by atoms with Crippen LogP contribution in [-0.2, 0) is 4.74 Å². The van der Waals surface area contributed by atoms with Gasteiger partial charge in [0.05, 0.1) is 26.6 Å². The Labute approximate surface area is 130 Å². The molecule has 0 fully saturated rings. The summed E-state index contributed by atoms with van der Waals surface area (Å²) >= 11 is 0. The zero-order valence-electron chi connectivity index (χ0n) is 12.7. The first-order chi connectivity index (χ1) is 10.8. The summed E-state index contributed by atoms with van der Waals surface area (Å²) in [6.45, 7) is 8.69. The van der Waals surface area contributed by atoms with E-state index in [9.17, 15) is 0 Å². The van der Waals surface area contributed by atoms with E-state index in [4.69, 9.17) is 18.6 Å². The largest absolute Gasteiger partial charge is 0.490 e. The highest BCUT2D eigenvalue weighted by Crippen LogP contribution is 2.40. The summed E-state index contributed by atoms with van der Waals surface area (Å²) in [6.07, 6.45) is 8.89. The lowest BCUT2D eigenvalue weighted by atomic mass is 10.1. The van der Waals surface area contributed by atoms with Crippen molar-refractivity contribution in [3.05, 3.63) is 55.3 Å². The standard InChI is InChI=1S/C18H20O4/c1-4-9-20-11-6-7-14-13-15-8-12-22-17(15)18(19-3)16(14)21-10-5-2/h4-8,12-13H,1-2,9-11H2,3H3/b7-6-. The Kier molecular flexibility index (Phi) is 5.86. The Bertz CT molecular complexity index is 667. The second-order valence-corrected chi connectivity index (χ2v) is 4.50. The van der Waals surface area contributed by atoms with E-state index in [1.54, 1.807) is 25.5 Å². The van der Waals surface area contributed by atoms with Crippen molar-refractivity contribution < 1.29 is 18.6 Å². The maximum Gasteiger partial charge on any atom is 0.205 e. The van der Waals surface area contributed by atoms with Crippen molar-refractivity contribution in [2.24, 2.45) is 0 Å². The summed E-state index contributed by atoms with van der Waals surface area (Å²) in [5, 5.41) is 0.953. The summed E-state index contributed by atoms with van der Waals surface area (Å²) in [6, 6.07) is 3.88. The van der Waals surface area contributed by atoms with Crippen LogP contribution in [0.5, 0.6) is 11.5 Å². The van der Waals surface area contributed by atoms with Gasteiger partial charge in [0, 0.05) is 10.9 Å². The van der Waals surface area contributed by atoms with E-state index < -0.39 is 0 Å². The Morgan fingerprint density at radius 3 is 2.68 bits per heavy atom. The highest BCUT2D eigenvalue weighted by molar-refractivity contribution is 5.89. The van der Waals surface area contributed by atoms with Crippen LogP contribution in [0.1, 0.15) is 5.56 Å². The lowest BCUT2D eigenvalue weighted by Crippen LogP contribution is -1.99. The Morgan fingerprint density at radius 1 is 1.14 bits per heavy atom. The molecule has 0 bridgehead atoms. The van der Waals surface area contributed by atoms with E-state index in [1.807, 2.05) is 24.3 Å². The minimum atomic E-state index is 0.385. The molecule has 2 rings (SSSR count). The van der Waals surface area contributed by atoms with Crippen molar-refractivity contribution in [3.63, 3.8) is 0 Å². The van der Waals surface area contributed by atoms with E-state index >= 15 is 0 Å². The summed E-state index contributed by atoms with van der Waals surface area (Å²) in [7, 11) is 1.60. The molecule has 0 N–H and O–H groups in total. The third-order valence-electron chi connectivity index (χ3n) is 2.98. The minimum Gasteiger partial charge on any atom is -0.490 e. The summed E-state index contributed by atoms with van der Waals surface area (Å²) in [5.41, 5.74) is 1.57. The van der Waals surface area contributed by atoms with E-state index in [2.05, 4.69) is 13.2 Å². The molecule has 0 saturated carbocycles. The van der Waals surface area contributed by atoms with E-state index in [1.165, 1.54) is 0 Å². The molecule has 0 spiro atoms. The summed E-state index contributed by atoms with van der Waals surface area (Å²) in [4.78, 5) is 0. The van der Waals surface area contributed by atoms with Crippen molar-refractivity contribution >= 4 is 17.0 Å². The molecule has 1 aromatic heterocycles. The predicted octanol–water partition coefficient (Wildman–Crippen LogP) is 4.22. The van der Waals surface area contributed by atoms with Crippen LogP contribution in [0.2, 0.25) is 0 Å². The second-order valence-electron chi connectivity index (χ2n) is 4.50. The molecule has 116 valence electrons. The Morgan fingerprint density at radius 2 is 1.95 bits per heavy atom. The van der Waals surface area contributed by atoms with Crippen LogP contribution < -0.4 is 9.47 Å². The molecule has 1 aromatic carbocycles. The first-order valence-electron chi connectivity index (χ1n) is 6.98. The quantitative estimate of drug-likeness (QED) is 0.513. The molecule has 0 radical (unpaired) electrons. The number of benzene rings is 1. The number of hydrogen-bond acceptors (Lipinski definition) is 4. The Balaban J connectivity index is 2.36. The van der Waals surface area contributed by atoms with Gasteiger partial charge in [-0.1, -0.05) is 30.9 Å². The van der Waals surface area contributed by atoms with Crippen molar-refractivity contribution in [3.8, 4) is 11.5 Å². The first-order valence-corrected chi connectivity index (χ1v) is 6.98. The van der Waals surface area contributed by atoms with Crippen molar-refractivity contribution in [2.45, 2.75) is 0 Å². The van der Waals surface area contributed by atoms with Crippen LogP contribution in [-0.4, -0.2) is 26.9 Å². The van der Waals surface area contributed by atoms with Crippen molar-refractivity contribution in [1.29, 1.82) is 0 Å². The van der Waals surface area contributed by atoms with E-state index in [0.29, 0.717) is 36.9 Å². The van der Waals surface area contributed by atoms with Gasteiger partial charge in [0.2, 0.25) is 5.75 Å². The number of rotatable bonds is 9. The normalized spacial score (nSPS) is 11.0. The van der Waals surface area contributed by atoms with Crippen LogP contribution in [0.3, 0.4) is 0 Å². The fourth-order valence-corrected chi connectivity index (χ4v) is 2.08. The average molecular weight is 300 g/mol. The van der Waals surface area contributed by atoms with Crippen molar-refractivity contribution in [2.75, 3.05) is 26.9 Å². The minimum absolute atomic E-state index is 0.385. The van der Waals surface area contributed by atoms with Gasteiger partial charge in [-0.15, -0.1) is 6.58 Å². The van der Waals surface area contributed by atoms with Gasteiger partial charge in [-0.05, 0) is 12.1 Å². The predicted molar refractivity (Wildman–Crippen MR) is 88.5 cm³/mol. The van der Waals surface area contributed by atoms with Gasteiger partial charge in [0.15, 0.2) is 11.3 Å². The van der Waals surface area contributed by atoms with Crippen LogP contribution >= 0.6 is 0 Å². The maximum absolute atomic E-state index is 5.75. The molecule has 0 atom stereocenters. The van der Waals surface area contributed by atoms with Gasteiger partial charge < -0.3 is 18.6 Å². The van der Waals surface area contributed by atoms with Crippen LogP contribution in [0, 0.1) is 0 Å². The molecule has 4 nitrogen and oxygen atoms in total. The number of fused-ring (bicyclic) bond motifs is 1. The highest BCUT2D eigenvalue weighted by atomic mass is 16.5. The number of ether oxygens (including phenoxy) is 3. The smallest absolute Gasteiger partial charge is 0.205 e.